The van der Waals surface area contributed by atoms with Crippen LogP contribution in [0.15, 0.2) is 59.6 Å². The van der Waals surface area contributed by atoms with Crippen LogP contribution in [-0.2, 0) is 17.8 Å². The molecule has 2 aromatic carbocycles. The Labute approximate surface area is 179 Å². The monoisotopic (exact) mass is 408 g/mol. The van der Waals surface area contributed by atoms with Crippen molar-refractivity contribution in [2.75, 3.05) is 33.3 Å². The summed E-state index contributed by atoms with van der Waals surface area (Å²) in [6.07, 6.45) is 2.29. The van der Waals surface area contributed by atoms with E-state index in [1.165, 1.54) is 12.0 Å². The van der Waals surface area contributed by atoms with Gasteiger partial charge in [0.15, 0.2) is 12.6 Å². The van der Waals surface area contributed by atoms with Crippen LogP contribution in [0.2, 0.25) is 0 Å². The highest BCUT2D eigenvalue weighted by molar-refractivity contribution is 5.80. The van der Waals surface area contributed by atoms with Gasteiger partial charge in [0.25, 0.3) is 5.91 Å². The summed E-state index contributed by atoms with van der Waals surface area (Å²) < 4.78 is 5.58. The van der Waals surface area contributed by atoms with Crippen molar-refractivity contribution in [3.63, 3.8) is 0 Å². The number of aliphatic imine (C=N–C) groups is 1. The van der Waals surface area contributed by atoms with Crippen molar-refractivity contribution in [3.05, 3.63) is 65.7 Å². The van der Waals surface area contributed by atoms with Gasteiger partial charge < -0.3 is 20.3 Å². The molecule has 160 valence electrons. The van der Waals surface area contributed by atoms with Gasteiger partial charge in [-0.15, -0.1) is 0 Å². The molecule has 1 unspecified atom stereocenters. The van der Waals surface area contributed by atoms with Gasteiger partial charge in [-0.3, -0.25) is 9.79 Å². The number of likely N-dealkylation sites (N-methyl/N-ethyl adjacent to an activating group) is 1. The summed E-state index contributed by atoms with van der Waals surface area (Å²) in [5.41, 5.74) is 2.49. The largest absolute Gasteiger partial charge is 0.484 e. The van der Waals surface area contributed by atoms with Crippen molar-refractivity contribution in [1.29, 1.82) is 0 Å². The van der Waals surface area contributed by atoms with Crippen molar-refractivity contribution in [1.82, 2.24) is 15.5 Å². The Morgan fingerprint density at radius 1 is 1.13 bits per heavy atom. The second-order valence-corrected chi connectivity index (χ2v) is 7.58. The van der Waals surface area contributed by atoms with Crippen molar-refractivity contribution < 1.29 is 9.53 Å². The predicted molar refractivity (Wildman–Crippen MR) is 121 cm³/mol. The van der Waals surface area contributed by atoms with Crippen LogP contribution in [0.25, 0.3) is 0 Å². The van der Waals surface area contributed by atoms with Crippen LogP contribution in [0.5, 0.6) is 5.75 Å². The number of benzene rings is 2. The third-order valence-corrected chi connectivity index (χ3v) is 5.26. The van der Waals surface area contributed by atoms with Crippen LogP contribution in [-0.4, -0.2) is 50.1 Å². The molecule has 6 nitrogen and oxygen atoms in total. The average molecular weight is 409 g/mol. The summed E-state index contributed by atoms with van der Waals surface area (Å²) in [6.45, 7) is 5.22. The number of likely N-dealkylation sites (tertiary alicyclic amines) is 1. The Bertz CT molecular complexity index is 838. The van der Waals surface area contributed by atoms with Crippen LogP contribution in [0, 0.1) is 5.92 Å². The normalized spacial score (nSPS) is 16.4. The fourth-order valence-electron chi connectivity index (χ4n) is 3.79. The van der Waals surface area contributed by atoms with E-state index in [4.69, 9.17) is 4.74 Å². The molecule has 0 saturated carbocycles. The smallest absolute Gasteiger partial charge is 0.257 e. The molecule has 2 aromatic rings. The first kappa shape index (κ1) is 21.7. The first-order chi connectivity index (χ1) is 14.7. The number of carbonyl (C=O) groups excluding carboxylic acids is 1. The number of nitrogens with zero attached hydrogens (tertiary/aromatic N) is 2. The molecule has 1 amide bonds. The summed E-state index contributed by atoms with van der Waals surface area (Å²) in [5, 5.41) is 6.20. The predicted octanol–water partition coefficient (Wildman–Crippen LogP) is 2.84. The molecule has 1 saturated heterocycles. The van der Waals surface area contributed by atoms with E-state index in [2.05, 4.69) is 50.9 Å². The Balaban J connectivity index is 1.48. The van der Waals surface area contributed by atoms with Crippen molar-refractivity contribution >= 4 is 11.9 Å². The standard InChI is InChI=1S/C24H32N4O2/c1-3-26-23(29)18-30-22-11-7-10-20(15-22)16-27-24(25-2)28-13-12-21(17-28)14-19-8-5-4-6-9-19/h4-11,15,21H,3,12-14,16-18H2,1-2H3,(H,25,27)(H,26,29). The zero-order chi connectivity index (χ0) is 21.2. The Hall–Kier alpha value is -3.02. The zero-order valence-electron chi connectivity index (χ0n) is 17.9. The molecule has 6 heteroatoms. The number of nitrogens with one attached hydrogen (secondary N) is 2. The number of guanidine groups is 1. The van der Waals surface area contributed by atoms with E-state index < -0.39 is 0 Å². The van der Waals surface area contributed by atoms with Crippen LogP contribution in [0.4, 0.5) is 0 Å². The number of rotatable bonds is 8. The van der Waals surface area contributed by atoms with Crippen LogP contribution in [0.1, 0.15) is 24.5 Å². The van der Waals surface area contributed by atoms with Gasteiger partial charge in [-0.1, -0.05) is 42.5 Å². The van der Waals surface area contributed by atoms with E-state index in [0.29, 0.717) is 24.8 Å². The second-order valence-electron chi connectivity index (χ2n) is 7.58. The summed E-state index contributed by atoms with van der Waals surface area (Å²) in [5.74, 6) is 2.16. The third kappa shape index (κ3) is 6.51. The SMILES string of the molecule is CCNC(=O)COc1cccc(CNC(=NC)N2CCC(Cc3ccccc3)C2)c1. The van der Waals surface area contributed by atoms with Gasteiger partial charge in [0, 0.05) is 33.2 Å². The molecule has 30 heavy (non-hydrogen) atoms. The lowest BCUT2D eigenvalue weighted by Crippen LogP contribution is -2.39. The Morgan fingerprint density at radius 3 is 2.70 bits per heavy atom. The van der Waals surface area contributed by atoms with Crippen LogP contribution < -0.4 is 15.4 Å². The van der Waals surface area contributed by atoms with E-state index in [9.17, 15) is 4.79 Å². The number of carbonyl (C=O) groups is 1. The fraction of sp³-hybridized carbons (Fsp3) is 0.417. The van der Waals surface area contributed by atoms with E-state index in [1.807, 2.05) is 38.2 Å². The number of hydrogen-bond acceptors (Lipinski definition) is 3. The molecule has 0 spiro atoms. The fourth-order valence-corrected chi connectivity index (χ4v) is 3.79. The highest BCUT2D eigenvalue weighted by Gasteiger charge is 2.24. The van der Waals surface area contributed by atoms with Crippen molar-refractivity contribution in [2.45, 2.75) is 26.3 Å². The van der Waals surface area contributed by atoms with Crippen LogP contribution >= 0.6 is 0 Å². The van der Waals surface area contributed by atoms with Gasteiger partial charge in [0.05, 0.1) is 0 Å². The number of ether oxygens (including phenoxy) is 1. The Morgan fingerprint density at radius 2 is 1.93 bits per heavy atom. The highest BCUT2D eigenvalue weighted by atomic mass is 16.5. The Kier molecular flexibility index (Phi) is 8.12. The molecule has 1 aliphatic rings. The van der Waals surface area contributed by atoms with Gasteiger partial charge in [-0.25, -0.2) is 0 Å². The minimum Gasteiger partial charge on any atom is -0.484 e. The summed E-state index contributed by atoms with van der Waals surface area (Å²) in [7, 11) is 1.83. The number of amides is 1. The first-order valence-corrected chi connectivity index (χ1v) is 10.7. The number of hydrogen-bond donors (Lipinski definition) is 2. The van der Waals surface area contributed by atoms with Gasteiger partial charge in [-0.05, 0) is 48.9 Å². The van der Waals surface area contributed by atoms with Crippen LogP contribution in [0.3, 0.4) is 0 Å². The summed E-state index contributed by atoms with van der Waals surface area (Å²) >= 11 is 0. The van der Waals surface area contributed by atoms with Gasteiger partial charge >= 0.3 is 0 Å². The molecule has 0 aromatic heterocycles. The van der Waals surface area contributed by atoms with E-state index in [1.54, 1.807) is 0 Å². The lowest BCUT2D eigenvalue weighted by Gasteiger charge is -2.22. The quantitative estimate of drug-likeness (QED) is 0.521. The minimum absolute atomic E-state index is 0.0307. The maximum Gasteiger partial charge on any atom is 0.257 e. The maximum atomic E-state index is 11.6. The first-order valence-electron chi connectivity index (χ1n) is 10.7. The third-order valence-electron chi connectivity index (χ3n) is 5.26. The van der Waals surface area contributed by atoms with E-state index >= 15 is 0 Å². The molecule has 1 fully saturated rings. The van der Waals surface area contributed by atoms with Crippen molar-refractivity contribution in [2.24, 2.45) is 10.9 Å². The second kappa shape index (κ2) is 11.2. The molecule has 1 heterocycles. The van der Waals surface area contributed by atoms with Gasteiger partial charge in [0.2, 0.25) is 0 Å². The molecule has 0 radical (unpaired) electrons. The molecule has 3 rings (SSSR count). The van der Waals surface area contributed by atoms with Gasteiger partial charge in [0.1, 0.15) is 5.75 Å². The lowest BCUT2D eigenvalue weighted by molar-refractivity contribution is -0.122. The van der Waals surface area contributed by atoms with Crippen molar-refractivity contribution in [3.8, 4) is 5.75 Å². The lowest BCUT2D eigenvalue weighted by atomic mass is 9.99. The maximum absolute atomic E-state index is 11.6. The van der Waals surface area contributed by atoms with E-state index in [0.717, 1.165) is 31.0 Å². The minimum atomic E-state index is -0.111. The average Bonchev–Trinajstić information content (AvgIpc) is 3.22. The molecule has 1 atom stereocenters. The van der Waals surface area contributed by atoms with E-state index in [-0.39, 0.29) is 12.5 Å². The molecule has 0 bridgehead atoms. The zero-order valence-corrected chi connectivity index (χ0v) is 17.9. The molecular weight excluding hydrogens is 376 g/mol. The molecule has 0 aliphatic carbocycles. The summed E-state index contributed by atoms with van der Waals surface area (Å²) in [4.78, 5) is 18.4. The molecule has 1 aliphatic heterocycles. The van der Waals surface area contributed by atoms with Gasteiger partial charge in [-0.2, -0.15) is 0 Å². The highest BCUT2D eigenvalue weighted by Crippen LogP contribution is 2.21. The molecule has 2 N–H and O–H groups in total. The topological polar surface area (TPSA) is 66.0 Å². The molecular formula is C24H32N4O2. The summed E-state index contributed by atoms with van der Waals surface area (Å²) in [6, 6.07) is 18.5.